The van der Waals surface area contributed by atoms with E-state index in [1.54, 1.807) is 11.3 Å². The number of fused-ring (bicyclic) bond motifs is 3. The molecule has 2 heterocycles. The molecule has 0 saturated heterocycles. The minimum Gasteiger partial charge on any atom is -0.222 e. The maximum atomic E-state index is 4.82. The van der Waals surface area contributed by atoms with E-state index < -0.39 is 0 Å². The number of hydrogen-bond donors (Lipinski definition) is 0. The second-order valence-electron chi connectivity index (χ2n) is 7.60. The van der Waals surface area contributed by atoms with Crippen molar-refractivity contribution >= 4 is 16.3 Å². The lowest BCUT2D eigenvalue weighted by molar-refractivity contribution is 0.212. The van der Waals surface area contributed by atoms with Crippen LogP contribution >= 0.6 is 11.3 Å². The van der Waals surface area contributed by atoms with Crippen LogP contribution in [0.4, 0.5) is 0 Å². The third-order valence-electron chi connectivity index (χ3n) is 4.40. The van der Waals surface area contributed by atoms with Gasteiger partial charge >= 0.3 is 0 Å². The van der Waals surface area contributed by atoms with E-state index in [4.69, 9.17) is 10.1 Å². The highest BCUT2D eigenvalue weighted by Gasteiger charge is 2.32. The van der Waals surface area contributed by atoms with Gasteiger partial charge in [0.05, 0.1) is 11.4 Å². The van der Waals surface area contributed by atoms with Crippen molar-refractivity contribution in [2.24, 2.45) is 17.3 Å². The maximum Gasteiger partial charge on any atom is 0.212 e. The van der Waals surface area contributed by atoms with Crippen molar-refractivity contribution in [3.63, 3.8) is 0 Å². The molecule has 4 heteroatoms. The second kappa shape index (κ2) is 4.83. The summed E-state index contributed by atoms with van der Waals surface area (Å²) in [6, 6.07) is 0. The highest BCUT2D eigenvalue weighted by atomic mass is 32.1. The van der Waals surface area contributed by atoms with E-state index in [1.807, 2.05) is 0 Å². The topological polar surface area (TPSA) is 30.2 Å². The highest BCUT2D eigenvalue weighted by molar-refractivity contribution is 7.16. The van der Waals surface area contributed by atoms with Crippen LogP contribution in [0.2, 0.25) is 0 Å². The molecule has 0 aliphatic heterocycles. The summed E-state index contributed by atoms with van der Waals surface area (Å²) in [5.74, 6) is 1.40. The zero-order chi connectivity index (χ0) is 14.5. The molecule has 2 aromatic heterocycles. The van der Waals surface area contributed by atoms with Gasteiger partial charge in [-0.25, -0.2) is 9.50 Å². The van der Waals surface area contributed by atoms with Crippen LogP contribution in [0.5, 0.6) is 0 Å². The quantitative estimate of drug-likeness (QED) is 0.832. The minimum atomic E-state index is 0.374. The molecule has 1 atom stereocenters. The Hall–Kier alpha value is -0.900. The largest absolute Gasteiger partial charge is 0.222 e. The van der Waals surface area contributed by atoms with Gasteiger partial charge in [-0.3, -0.25) is 0 Å². The van der Waals surface area contributed by atoms with E-state index >= 15 is 0 Å². The van der Waals surface area contributed by atoms with Crippen LogP contribution in [0.3, 0.4) is 0 Å². The Morgan fingerprint density at radius 3 is 2.75 bits per heavy atom. The third kappa shape index (κ3) is 2.50. The molecule has 110 valence electrons. The zero-order valence-corrected chi connectivity index (χ0v) is 14.0. The van der Waals surface area contributed by atoms with E-state index in [9.17, 15) is 0 Å². The fourth-order valence-electron chi connectivity index (χ4n) is 3.09. The molecule has 3 rings (SSSR count). The Morgan fingerprint density at radius 1 is 1.35 bits per heavy atom. The number of imidazole rings is 1. The summed E-state index contributed by atoms with van der Waals surface area (Å²) >= 11 is 1.77. The van der Waals surface area contributed by atoms with Gasteiger partial charge < -0.3 is 0 Å². The lowest BCUT2D eigenvalue weighted by Gasteiger charge is -2.33. The first-order valence-corrected chi connectivity index (χ1v) is 8.52. The average molecular weight is 291 g/mol. The Labute approximate surface area is 125 Å². The normalized spacial score (nSPS) is 19.8. The Balaban J connectivity index is 1.94. The predicted molar refractivity (Wildman–Crippen MR) is 84.4 cm³/mol. The lowest BCUT2D eigenvalue weighted by atomic mass is 9.73. The van der Waals surface area contributed by atoms with Crippen molar-refractivity contribution in [3.05, 3.63) is 16.4 Å². The zero-order valence-electron chi connectivity index (χ0n) is 13.2. The molecule has 1 aliphatic carbocycles. The molecule has 20 heavy (non-hydrogen) atoms. The lowest BCUT2D eigenvalue weighted by Crippen LogP contribution is -2.27. The number of rotatable bonds is 2. The monoisotopic (exact) mass is 291 g/mol. The van der Waals surface area contributed by atoms with E-state index in [-0.39, 0.29) is 0 Å². The molecule has 0 radical (unpaired) electrons. The molecule has 1 unspecified atom stereocenters. The van der Waals surface area contributed by atoms with Gasteiger partial charge in [0.2, 0.25) is 4.96 Å². The van der Waals surface area contributed by atoms with Crippen molar-refractivity contribution in [3.8, 4) is 0 Å². The van der Waals surface area contributed by atoms with Gasteiger partial charge in [-0.05, 0) is 36.5 Å². The van der Waals surface area contributed by atoms with Gasteiger partial charge in [-0.15, -0.1) is 0 Å². The molecule has 0 aromatic carbocycles. The van der Waals surface area contributed by atoms with Gasteiger partial charge in [0.1, 0.15) is 5.01 Å². The first-order valence-electron chi connectivity index (χ1n) is 7.71. The molecule has 0 fully saturated rings. The molecule has 0 bridgehead atoms. The molecular weight excluding hydrogens is 266 g/mol. The number of aromatic nitrogens is 3. The minimum absolute atomic E-state index is 0.374. The first-order chi connectivity index (χ1) is 9.34. The summed E-state index contributed by atoms with van der Waals surface area (Å²) in [4.78, 5) is 5.91. The van der Waals surface area contributed by atoms with Crippen LogP contribution in [-0.2, 0) is 19.3 Å². The van der Waals surface area contributed by atoms with Crippen LogP contribution in [-0.4, -0.2) is 14.6 Å². The van der Waals surface area contributed by atoms with Crippen LogP contribution in [0.25, 0.3) is 4.96 Å². The van der Waals surface area contributed by atoms with Gasteiger partial charge in [-0.1, -0.05) is 46.0 Å². The third-order valence-corrected chi connectivity index (χ3v) is 5.33. The van der Waals surface area contributed by atoms with E-state index in [1.165, 1.54) is 22.8 Å². The van der Waals surface area contributed by atoms with Gasteiger partial charge in [0.15, 0.2) is 0 Å². The molecule has 3 nitrogen and oxygen atoms in total. The number of aryl methyl sites for hydroxylation is 1. The van der Waals surface area contributed by atoms with Crippen LogP contribution in [0.1, 0.15) is 57.4 Å². The van der Waals surface area contributed by atoms with Crippen LogP contribution in [0.15, 0.2) is 0 Å². The molecule has 0 saturated carbocycles. The fraction of sp³-hybridized carbons (Fsp3) is 0.750. The van der Waals surface area contributed by atoms with E-state index in [2.05, 4.69) is 39.1 Å². The van der Waals surface area contributed by atoms with Crippen molar-refractivity contribution in [1.82, 2.24) is 14.6 Å². The van der Waals surface area contributed by atoms with Crippen LogP contribution in [0, 0.1) is 17.3 Å². The molecule has 2 aromatic rings. The van der Waals surface area contributed by atoms with Gasteiger partial charge in [0, 0.05) is 6.42 Å². The SMILES string of the molecule is CC(C)Cc1nn2c3c(nc2s1)CCC(C(C)(C)C)C3. The molecule has 0 amide bonds. The molecular formula is C16H25N3S. The highest BCUT2D eigenvalue weighted by Crippen LogP contribution is 2.37. The molecule has 0 spiro atoms. The molecule has 1 aliphatic rings. The smallest absolute Gasteiger partial charge is 0.212 e. The summed E-state index contributed by atoms with van der Waals surface area (Å²) < 4.78 is 2.13. The Morgan fingerprint density at radius 2 is 2.10 bits per heavy atom. The first kappa shape index (κ1) is 14.1. The standard InChI is InChI=1S/C16H25N3S/c1-10(2)8-14-18-19-13-9-11(16(3,4)5)6-7-12(13)17-15(19)20-14/h10-11H,6-9H2,1-5H3. The van der Waals surface area contributed by atoms with Gasteiger partial charge in [0.25, 0.3) is 0 Å². The summed E-state index contributed by atoms with van der Waals surface area (Å²) in [6.45, 7) is 11.6. The van der Waals surface area contributed by atoms with Crippen molar-refractivity contribution < 1.29 is 0 Å². The summed E-state index contributed by atoms with van der Waals surface area (Å²) in [5.41, 5.74) is 3.04. The fourth-order valence-corrected chi connectivity index (χ4v) is 4.24. The molecule has 0 N–H and O–H groups in total. The van der Waals surface area contributed by atoms with Crippen LogP contribution < -0.4 is 0 Å². The number of nitrogens with zero attached hydrogens (tertiary/aromatic N) is 3. The van der Waals surface area contributed by atoms with Crippen molar-refractivity contribution in [1.29, 1.82) is 0 Å². The van der Waals surface area contributed by atoms with E-state index in [0.29, 0.717) is 11.3 Å². The Kier molecular flexibility index (Phi) is 3.39. The average Bonchev–Trinajstić information content (AvgIpc) is 2.82. The summed E-state index contributed by atoms with van der Waals surface area (Å²) in [7, 11) is 0. The van der Waals surface area contributed by atoms with Gasteiger partial charge in [-0.2, -0.15) is 5.10 Å². The summed E-state index contributed by atoms with van der Waals surface area (Å²) in [6.07, 6.45) is 4.57. The second-order valence-corrected chi connectivity index (χ2v) is 8.64. The number of hydrogen-bond acceptors (Lipinski definition) is 3. The van der Waals surface area contributed by atoms with E-state index in [0.717, 1.165) is 30.1 Å². The predicted octanol–water partition coefficient (Wildman–Crippen LogP) is 4.14. The Bertz CT molecular complexity index is 615. The maximum absolute atomic E-state index is 4.82. The van der Waals surface area contributed by atoms with Crippen molar-refractivity contribution in [2.75, 3.05) is 0 Å². The van der Waals surface area contributed by atoms with Crippen molar-refractivity contribution in [2.45, 2.75) is 60.3 Å². The summed E-state index contributed by atoms with van der Waals surface area (Å²) in [5, 5.41) is 6.04.